The summed E-state index contributed by atoms with van der Waals surface area (Å²) in [6, 6.07) is 6.30. The second-order valence-corrected chi connectivity index (χ2v) is 5.98. The van der Waals surface area contributed by atoms with Crippen LogP contribution in [-0.4, -0.2) is 16.1 Å². The van der Waals surface area contributed by atoms with E-state index in [2.05, 4.69) is 21.0 Å². The number of aromatic nitrogens is 2. The van der Waals surface area contributed by atoms with Crippen molar-refractivity contribution in [3.05, 3.63) is 40.2 Å². The van der Waals surface area contributed by atoms with Gasteiger partial charge in [0.2, 0.25) is 0 Å². The summed E-state index contributed by atoms with van der Waals surface area (Å²) in [6.45, 7) is 5.89. The normalized spacial score (nSPS) is 11.6. The van der Waals surface area contributed by atoms with Gasteiger partial charge in [-0.1, -0.05) is 12.1 Å². The van der Waals surface area contributed by atoms with E-state index in [1.165, 1.54) is 6.07 Å². The van der Waals surface area contributed by atoms with Crippen molar-refractivity contribution in [2.45, 2.75) is 26.3 Å². The summed E-state index contributed by atoms with van der Waals surface area (Å²) in [5.74, 6) is -0.392. The van der Waals surface area contributed by atoms with Crippen molar-refractivity contribution in [2.24, 2.45) is 0 Å². The minimum Gasteiger partial charge on any atom is -0.298 e. The van der Waals surface area contributed by atoms with Gasteiger partial charge in [0.15, 0.2) is 6.29 Å². The minimum absolute atomic E-state index is 0.305. The topological polar surface area (TPSA) is 34.9 Å². The van der Waals surface area contributed by atoms with E-state index in [1.807, 2.05) is 20.8 Å². The van der Waals surface area contributed by atoms with Gasteiger partial charge in [0.05, 0.1) is 11.1 Å². The molecule has 1 heterocycles. The number of carbonyl (C=O) groups is 1. The Hall–Kier alpha value is -1.49. The quantitative estimate of drug-likeness (QED) is 0.782. The molecule has 0 fully saturated rings. The smallest absolute Gasteiger partial charge is 0.155 e. The Kier molecular flexibility index (Phi) is 3.58. The van der Waals surface area contributed by atoms with E-state index in [4.69, 9.17) is 0 Å². The molecule has 0 aliphatic carbocycles. The first-order valence-corrected chi connectivity index (χ1v) is 6.64. The van der Waals surface area contributed by atoms with Crippen LogP contribution in [0.5, 0.6) is 0 Å². The van der Waals surface area contributed by atoms with Crippen molar-refractivity contribution >= 4 is 22.2 Å². The maximum absolute atomic E-state index is 13.8. The van der Waals surface area contributed by atoms with Crippen LogP contribution in [-0.2, 0) is 5.54 Å². The zero-order chi connectivity index (χ0) is 14.2. The molecular weight excluding hydrogens is 311 g/mol. The largest absolute Gasteiger partial charge is 0.298 e. The highest BCUT2D eigenvalue weighted by Crippen LogP contribution is 2.32. The molecule has 0 spiro atoms. The minimum atomic E-state index is -0.392. The highest BCUT2D eigenvalue weighted by atomic mass is 79.9. The Morgan fingerprint density at radius 1 is 1.32 bits per heavy atom. The lowest BCUT2D eigenvalue weighted by Gasteiger charge is -2.20. The van der Waals surface area contributed by atoms with Gasteiger partial charge in [-0.2, -0.15) is 5.10 Å². The van der Waals surface area contributed by atoms with Crippen molar-refractivity contribution in [3.8, 4) is 11.3 Å². The third kappa shape index (κ3) is 2.47. The summed E-state index contributed by atoms with van der Waals surface area (Å²) in [4.78, 5) is 11.3. The lowest BCUT2D eigenvalue weighted by molar-refractivity contribution is 0.112. The van der Waals surface area contributed by atoms with Gasteiger partial charge in [-0.05, 0) is 48.8 Å². The molecule has 0 radical (unpaired) electrons. The average Bonchev–Trinajstić information content (AvgIpc) is 2.66. The van der Waals surface area contributed by atoms with Crippen molar-refractivity contribution in [3.63, 3.8) is 0 Å². The molecule has 2 rings (SSSR count). The van der Waals surface area contributed by atoms with Crippen molar-refractivity contribution in [2.75, 3.05) is 0 Å². The number of aldehydes is 1. The van der Waals surface area contributed by atoms with Crippen LogP contribution >= 0.6 is 15.9 Å². The first-order valence-electron chi connectivity index (χ1n) is 5.85. The molecule has 19 heavy (non-hydrogen) atoms. The second-order valence-electron chi connectivity index (χ2n) is 5.23. The molecule has 5 heteroatoms. The highest BCUT2D eigenvalue weighted by molar-refractivity contribution is 9.10. The molecule has 0 aliphatic rings. The van der Waals surface area contributed by atoms with Crippen LogP contribution in [0, 0.1) is 5.82 Å². The molecule has 0 saturated heterocycles. The monoisotopic (exact) mass is 324 g/mol. The molecule has 0 amide bonds. The van der Waals surface area contributed by atoms with Crippen LogP contribution in [0.25, 0.3) is 11.3 Å². The third-order valence-corrected chi connectivity index (χ3v) is 3.51. The fourth-order valence-electron chi connectivity index (χ4n) is 1.81. The third-order valence-electron chi connectivity index (χ3n) is 2.75. The maximum Gasteiger partial charge on any atom is 0.155 e. The van der Waals surface area contributed by atoms with Crippen LogP contribution < -0.4 is 0 Å². The molecule has 0 unspecified atom stereocenters. The molecule has 0 bridgehead atoms. The Morgan fingerprint density at radius 3 is 2.47 bits per heavy atom. The number of nitrogens with zero attached hydrogens (tertiary/aromatic N) is 2. The zero-order valence-corrected chi connectivity index (χ0v) is 12.5. The van der Waals surface area contributed by atoms with Gasteiger partial charge >= 0.3 is 0 Å². The van der Waals surface area contributed by atoms with E-state index in [9.17, 15) is 9.18 Å². The first-order chi connectivity index (χ1) is 8.86. The summed E-state index contributed by atoms with van der Waals surface area (Å²) >= 11 is 3.37. The lowest BCUT2D eigenvalue weighted by atomic mass is 10.1. The summed E-state index contributed by atoms with van der Waals surface area (Å²) < 4.78 is 16.1. The SMILES string of the molecule is CC(C)(C)n1nc(-c2ccccc2F)c(C=O)c1Br. The Labute approximate surface area is 119 Å². The zero-order valence-electron chi connectivity index (χ0n) is 10.9. The maximum atomic E-state index is 13.8. The van der Waals surface area contributed by atoms with E-state index >= 15 is 0 Å². The summed E-state index contributed by atoms with van der Waals surface area (Å²) in [5.41, 5.74) is 0.739. The van der Waals surface area contributed by atoms with Gasteiger partial charge in [-0.3, -0.25) is 9.48 Å². The Balaban J connectivity index is 2.72. The number of carbonyl (C=O) groups excluding carboxylic acids is 1. The van der Waals surface area contributed by atoms with Gasteiger partial charge in [-0.15, -0.1) is 0 Å². The number of hydrogen-bond donors (Lipinski definition) is 0. The molecule has 3 nitrogen and oxygen atoms in total. The van der Waals surface area contributed by atoms with Crippen LogP contribution in [0.1, 0.15) is 31.1 Å². The standard InChI is InChI=1S/C14H14BrFN2O/c1-14(2,3)18-13(15)10(8-19)12(17-18)9-6-4-5-7-11(9)16/h4-8H,1-3H3. The average molecular weight is 325 g/mol. The lowest BCUT2D eigenvalue weighted by Crippen LogP contribution is -2.23. The van der Waals surface area contributed by atoms with Crippen LogP contribution in [0.4, 0.5) is 4.39 Å². The molecule has 2 aromatic rings. The molecule has 1 aromatic carbocycles. The summed E-state index contributed by atoms with van der Waals surface area (Å²) in [7, 11) is 0. The predicted octanol–water partition coefficient (Wildman–Crippen LogP) is 4.02. The fourth-order valence-corrected chi connectivity index (χ4v) is 2.70. The van der Waals surface area contributed by atoms with Gasteiger partial charge < -0.3 is 0 Å². The second kappa shape index (κ2) is 4.89. The predicted molar refractivity (Wildman–Crippen MR) is 75.7 cm³/mol. The van der Waals surface area contributed by atoms with Crippen LogP contribution in [0.2, 0.25) is 0 Å². The van der Waals surface area contributed by atoms with Gasteiger partial charge in [-0.25, -0.2) is 4.39 Å². The van der Waals surface area contributed by atoms with Gasteiger partial charge in [0, 0.05) is 5.56 Å². The summed E-state index contributed by atoms with van der Waals surface area (Å²) in [5, 5.41) is 4.38. The molecular formula is C14H14BrFN2O. The van der Waals surface area contributed by atoms with Crippen molar-refractivity contribution < 1.29 is 9.18 Å². The van der Waals surface area contributed by atoms with Gasteiger partial charge in [0.1, 0.15) is 16.1 Å². The van der Waals surface area contributed by atoms with E-state index in [-0.39, 0.29) is 5.54 Å². The van der Waals surface area contributed by atoms with Crippen LogP contribution in [0.3, 0.4) is 0 Å². The Bertz CT molecular complexity index is 629. The number of hydrogen-bond acceptors (Lipinski definition) is 2. The molecule has 0 saturated carbocycles. The molecule has 0 atom stereocenters. The Morgan fingerprint density at radius 2 is 1.95 bits per heavy atom. The molecule has 0 aliphatic heterocycles. The van der Waals surface area contributed by atoms with Crippen LogP contribution in [0.15, 0.2) is 28.9 Å². The molecule has 1 aromatic heterocycles. The summed E-state index contributed by atoms with van der Waals surface area (Å²) in [6.07, 6.45) is 0.696. The fraction of sp³-hybridized carbons (Fsp3) is 0.286. The van der Waals surface area contributed by atoms with E-state index in [1.54, 1.807) is 22.9 Å². The van der Waals surface area contributed by atoms with E-state index in [0.717, 1.165) is 0 Å². The molecule has 100 valence electrons. The van der Waals surface area contributed by atoms with Crippen molar-refractivity contribution in [1.29, 1.82) is 0 Å². The van der Waals surface area contributed by atoms with Gasteiger partial charge in [0.25, 0.3) is 0 Å². The number of benzene rings is 1. The number of halogens is 2. The number of rotatable bonds is 2. The first kappa shape index (κ1) is 13.9. The van der Waals surface area contributed by atoms with E-state index in [0.29, 0.717) is 27.7 Å². The van der Waals surface area contributed by atoms with E-state index < -0.39 is 5.82 Å². The molecule has 0 N–H and O–H groups in total. The highest BCUT2D eigenvalue weighted by Gasteiger charge is 2.25. The van der Waals surface area contributed by atoms with Crippen molar-refractivity contribution in [1.82, 2.24) is 9.78 Å².